The third kappa shape index (κ3) is 5.58. The van der Waals surface area contributed by atoms with Crippen molar-refractivity contribution in [2.24, 2.45) is 0 Å². The Labute approximate surface area is 137 Å². The van der Waals surface area contributed by atoms with Gasteiger partial charge in [-0.2, -0.15) is 0 Å². The standard InChI is InChI=1S/C19H23NOS/c1-20(2)19(18-11-7-4-8-12-18)22-16-15-21-14-13-17-9-5-3-6-10-17/h3-12,15-16,19H,13-14H2,1-2H3/b16-15-. The molecule has 0 aliphatic heterocycles. The highest BCUT2D eigenvalue weighted by molar-refractivity contribution is 8.02. The van der Waals surface area contributed by atoms with Crippen molar-refractivity contribution in [1.82, 2.24) is 4.90 Å². The van der Waals surface area contributed by atoms with Gasteiger partial charge in [-0.1, -0.05) is 60.7 Å². The predicted octanol–water partition coefficient (Wildman–Crippen LogP) is 4.71. The molecule has 3 heteroatoms. The Bertz CT molecular complexity index is 554. The smallest absolute Gasteiger partial charge is 0.0913 e. The fourth-order valence-corrected chi connectivity index (χ4v) is 3.00. The molecule has 0 aliphatic rings. The Balaban J connectivity index is 1.75. The van der Waals surface area contributed by atoms with Crippen LogP contribution in [0.15, 0.2) is 72.3 Å². The van der Waals surface area contributed by atoms with E-state index in [4.69, 9.17) is 4.74 Å². The Morgan fingerprint density at radius 3 is 2.27 bits per heavy atom. The molecule has 2 rings (SSSR count). The highest BCUT2D eigenvalue weighted by Gasteiger charge is 2.12. The molecule has 0 N–H and O–H groups in total. The molecule has 2 aromatic carbocycles. The second-order valence-electron chi connectivity index (χ2n) is 5.24. The van der Waals surface area contributed by atoms with Crippen LogP contribution in [0.2, 0.25) is 0 Å². The zero-order chi connectivity index (χ0) is 15.6. The van der Waals surface area contributed by atoms with Gasteiger partial charge in [0.2, 0.25) is 0 Å². The summed E-state index contributed by atoms with van der Waals surface area (Å²) in [5.41, 5.74) is 2.60. The van der Waals surface area contributed by atoms with Crippen LogP contribution >= 0.6 is 11.8 Å². The Morgan fingerprint density at radius 1 is 1.00 bits per heavy atom. The molecule has 116 valence electrons. The monoisotopic (exact) mass is 313 g/mol. The summed E-state index contributed by atoms with van der Waals surface area (Å²) in [5, 5.41) is 2.33. The van der Waals surface area contributed by atoms with Crippen LogP contribution in [0, 0.1) is 0 Å². The molecule has 0 spiro atoms. The van der Waals surface area contributed by atoms with E-state index in [0.717, 1.165) is 6.42 Å². The highest BCUT2D eigenvalue weighted by atomic mass is 32.2. The Morgan fingerprint density at radius 2 is 1.64 bits per heavy atom. The van der Waals surface area contributed by atoms with Gasteiger partial charge in [0.15, 0.2) is 0 Å². The van der Waals surface area contributed by atoms with E-state index < -0.39 is 0 Å². The molecule has 0 bridgehead atoms. The van der Waals surface area contributed by atoms with Gasteiger partial charge >= 0.3 is 0 Å². The van der Waals surface area contributed by atoms with Crippen LogP contribution in [0.5, 0.6) is 0 Å². The van der Waals surface area contributed by atoms with Gasteiger partial charge in [-0.05, 0) is 25.2 Å². The molecule has 0 saturated carbocycles. The molecule has 1 atom stereocenters. The third-order valence-electron chi connectivity index (χ3n) is 3.26. The quantitative estimate of drug-likeness (QED) is 0.398. The summed E-state index contributed by atoms with van der Waals surface area (Å²) in [6.07, 6.45) is 2.73. The molecular weight excluding hydrogens is 290 g/mol. The van der Waals surface area contributed by atoms with Crippen molar-refractivity contribution in [1.29, 1.82) is 0 Å². The summed E-state index contributed by atoms with van der Waals surface area (Å²) in [6, 6.07) is 20.9. The molecule has 2 nitrogen and oxygen atoms in total. The summed E-state index contributed by atoms with van der Waals surface area (Å²) < 4.78 is 5.58. The first-order valence-corrected chi connectivity index (χ1v) is 8.39. The lowest BCUT2D eigenvalue weighted by Crippen LogP contribution is -2.16. The van der Waals surface area contributed by atoms with E-state index in [2.05, 4.69) is 67.5 Å². The van der Waals surface area contributed by atoms with Crippen molar-refractivity contribution >= 4 is 11.8 Å². The van der Waals surface area contributed by atoms with Crippen molar-refractivity contribution in [3.05, 3.63) is 83.5 Å². The van der Waals surface area contributed by atoms with E-state index in [-0.39, 0.29) is 0 Å². The zero-order valence-corrected chi connectivity index (χ0v) is 14.0. The highest BCUT2D eigenvalue weighted by Crippen LogP contribution is 2.31. The normalized spacial score (nSPS) is 12.7. The van der Waals surface area contributed by atoms with E-state index in [1.54, 1.807) is 18.0 Å². The minimum absolute atomic E-state index is 0.301. The molecular formula is C19H23NOS. The maximum absolute atomic E-state index is 5.58. The van der Waals surface area contributed by atoms with E-state index in [1.807, 2.05) is 17.5 Å². The van der Waals surface area contributed by atoms with Crippen molar-refractivity contribution in [3.8, 4) is 0 Å². The summed E-state index contributed by atoms with van der Waals surface area (Å²) in [6.45, 7) is 0.707. The Hall–Kier alpha value is -1.71. The second-order valence-corrected chi connectivity index (χ2v) is 6.23. The molecule has 1 unspecified atom stereocenters. The van der Waals surface area contributed by atoms with Crippen molar-refractivity contribution in [3.63, 3.8) is 0 Å². The minimum Gasteiger partial charge on any atom is -0.500 e. The maximum atomic E-state index is 5.58. The number of benzene rings is 2. The number of rotatable bonds is 8. The summed E-state index contributed by atoms with van der Waals surface area (Å²) in [4.78, 5) is 2.20. The average Bonchev–Trinajstić information content (AvgIpc) is 2.55. The summed E-state index contributed by atoms with van der Waals surface area (Å²) >= 11 is 1.75. The molecule has 0 fully saturated rings. The lowest BCUT2D eigenvalue weighted by molar-refractivity contribution is 0.254. The van der Waals surface area contributed by atoms with E-state index in [9.17, 15) is 0 Å². The van der Waals surface area contributed by atoms with E-state index >= 15 is 0 Å². The summed E-state index contributed by atoms with van der Waals surface area (Å²) in [5.74, 6) is 0. The van der Waals surface area contributed by atoms with Gasteiger partial charge in [-0.25, -0.2) is 0 Å². The van der Waals surface area contributed by atoms with Crippen LogP contribution in [-0.2, 0) is 11.2 Å². The van der Waals surface area contributed by atoms with Gasteiger partial charge < -0.3 is 4.74 Å². The first-order valence-electron chi connectivity index (χ1n) is 7.45. The number of thioether (sulfide) groups is 1. The van der Waals surface area contributed by atoms with Gasteiger partial charge in [0.25, 0.3) is 0 Å². The number of hydrogen-bond acceptors (Lipinski definition) is 3. The number of hydrogen-bond donors (Lipinski definition) is 0. The second kappa shape index (κ2) is 9.34. The predicted molar refractivity (Wildman–Crippen MR) is 95.7 cm³/mol. The van der Waals surface area contributed by atoms with E-state index in [1.165, 1.54) is 11.1 Å². The zero-order valence-electron chi connectivity index (χ0n) is 13.2. The topological polar surface area (TPSA) is 12.5 Å². The largest absolute Gasteiger partial charge is 0.500 e. The summed E-state index contributed by atoms with van der Waals surface area (Å²) in [7, 11) is 4.18. The van der Waals surface area contributed by atoms with Crippen LogP contribution in [-0.4, -0.2) is 25.6 Å². The lowest BCUT2D eigenvalue weighted by Gasteiger charge is -2.22. The fraction of sp³-hybridized carbons (Fsp3) is 0.263. The number of ether oxygens (including phenoxy) is 1. The molecule has 2 aromatic rings. The molecule has 0 saturated heterocycles. The first kappa shape index (κ1) is 16.7. The van der Waals surface area contributed by atoms with Gasteiger partial charge in [0, 0.05) is 11.8 Å². The molecule has 0 aromatic heterocycles. The molecule has 0 aliphatic carbocycles. The van der Waals surface area contributed by atoms with Crippen LogP contribution in [0.4, 0.5) is 0 Å². The van der Waals surface area contributed by atoms with Crippen molar-refractivity contribution in [2.45, 2.75) is 11.8 Å². The molecule has 0 amide bonds. The fourth-order valence-electron chi connectivity index (χ4n) is 2.15. The van der Waals surface area contributed by atoms with Crippen LogP contribution in [0.25, 0.3) is 0 Å². The Kier molecular flexibility index (Phi) is 7.07. The van der Waals surface area contributed by atoms with Gasteiger partial charge in [0.05, 0.1) is 18.2 Å². The van der Waals surface area contributed by atoms with Gasteiger partial charge in [-0.15, -0.1) is 11.8 Å². The lowest BCUT2D eigenvalue weighted by atomic mass is 10.2. The molecule has 0 heterocycles. The van der Waals surface area contributed by atoms with Gasteiger partial charge in [-0.3, -0.25) is 4.90 Å². The van der Waals surface area contributed by atoms with Crippen molar-refractivity contribution in [2.75, 3.05) is 20.7 Å². The van der Waals surface area contributed by atoms with Gasteiger partial charge in [0.1, 0.15) is 0 Å². The van der Waals surface area contributed by atoms with Crippen LogP contribution < -0.4 is 0 Å². The minimum atomic E-state index is 0.301. The molecule has 0 radical (unpaired) electrons. The maximum Gasteiger partial charge on any atom is 0.0913 e. The third-order valence-corrected chi connectivity index (χ3v) is 4.48. The first-order chi connectivity index (χ1) is 10.8. The van der Waals surface area contributed by atoms with Crippen molar-refractivity contribution < 1.29 is 4.74 Å². The van der Waals surface area contributed by atoms with Crippen LogP contribution in [0.3, 0.4) is 0 Å². The average molecular weight is 313 g/mol. The van der Waals surface area contributed by atoms with Crippen LogP contribution in [0.1, 0.15) is 16.5 Å². The SMILES string of the molecule is CN(C)C(S/C=C\OCCc1ccccc1)c1ccccc1. The molecule has 22 heavy (non-hydrogen) atoms. The van der Waals surface area contributed by atoms with E-state index in [0.29, 0.717) is 12.0 Å². The number of nitrogens with zero attached hydrogens (tertiary/aromatic N) is 1.